The largest absolute Gasteiger partial charge is 0.348 e. The molecular weight excluding hydrogens is 248 g/mol. The van der Waals surface area contributed by atoms with Gasteiger partial charge >= 0.3 is 0 Å². The van der Waals surface area contributed by atoms with Crippen molar-refractivity contribution in [3.8, 4) is 0 Å². The van der Waals surface area contributed by atoms with Crippen LogP contribution in [0, 0.1) is 5.41 Å². The van der Waals surface area contributed by atoms with E-state index in [1.54, 1.807) is 0 Å². The molecular formula is C18H28O2. The van der Waals surface area contributed by atoms with Crippen LogP contribution in [0.5, 0.6) is 0 Å². The van der Waals surface area contributed by atoms with Gasteiger partial charge in [-0.25, -0.2) is 0 Å². The summed E-state index contributed by atoms with van der Waals surface area (Å²) in [7, 11) is 0. The molecule has 0 aromatic heterocycles. The third-order valence-electron chi connectivity index (χ3n) is 4.09. The van der Waals surface area contributed by atoms with Gasteiger partial charge < -0.3 is 9.47 Å². The Morgan fingerprint density at radius 1 is 1.05 bits per heavy atom. The van der Waals surface area contributed by atoms with E-state index in [4.69, 9.17) is 9.47 Å². The third-order valence-corrected chi connectivity index (χ3v) is 4.09. The summed E-state index contributed by atoms with van der Waals surface area (Å²) in [5.74, 6) is 0. The van der Waals surface area contributed by atoms with E-state index in [0.29, 0.717) is 0 Å². The van der Waals surface area contributed by atoms with Gasteiger partial charge in [-0.1, -0.05) is 64.3 Å². The van der Waals surface area contributed by atoms with Crippen LogP contribution in [-0.2, 0) is 15.9 Å². The van der Waals surface area contributed by atoms with Crippen LogP contribution in [0.25, 0.3) is 0 Å². The summed E-state index contributed by atoms with van der Waals surface area (Å²) >= 11 is 0. The molecule has 0 amide bonds. The highest BCUT2D eigenvalue weighted by Gasteiger charge is 2.32. The molecule has 2 nitrogen and oxygen atoms in total. The maximum Gasteiger partial charge on any atom is 0.183 e. The van der Waals surface area contributed by atoms with Crippen molar-refractivity contribution in [3.63, 3.8) is 0 Å². The highest BCUT2D eigenvalue weighted by Crippen LogP contribution is 2.35. The van der Waals surface area contributed by atoms with Gasteiger partial charge in [0, 0.05) is 11.0 Å². The van der Waals surface area contributed by atoms with Gasteiger partial charge in [0.05, 0.1) is 13.2 Å². The third kappa shape index (κ3) is 4.07. The number of hydrogen-bond acceptors (Lipinski definition) is 2. The topological polar surface area (TPSA) is 18.5 Å². The van der Waals surface area contributed by atoms with E-state index in [2.05, 4.69) is 45.0 Å². The standard InChI is InChI=1S/C18H28O2/c1-4-6-12-18(3)13-19-17(20-14-18)16-10-8-15(7-5-2)9-11-16/h8-11,17H,4-7,12-14H2,1-3H3. The monoisotopic (exact) mass is 276 g/mol. The lowest BCUT2D eigenvalue weighted by Crippen LogP contribution is -2.36. The Kier molecular flexibility index (Phi) is 5.62. The van der Waals surface area contributed by atoms with E-state index in [0.717, 1.165) is 25.2 Å². The average molecular weight is 276 g/mol. The Morgan fingerprint density at radius 2 is 1.70 bits per heavy atom. The number of aryl methyl sites for hydroxylation is 1. The quantitative estimate of drug-likeness (QED) is 0.737. The van der Waals surface area contributed by atoms with Crippen molar-refractivity contribution in [3.05, 3.63) is 35.4 Å². The van der Waals surface area contributed by atoms with Gasteiger partial charge in [0.15, 0.2) is 6.29 Å². The van der Waals surface area contributed by atoms with Crippen LogP contribution in [-0.4, -0.2) is 13.2 Å². The van der Waals surface area contributed by atoms with Crippen molar-refractivity contribution in [1.82, 2.24) is 0 Å². The summed E-state index contributed by atoms with van der Waals surface area (Å²) in [6, 6.07) is 8.67. The van der Waals surface area contributed by atoms with Crippen LogP contribution in [0.2, 0.25) is 0 Å². The lowest BCUT2D eigenvalue weighted by molar-refractivity contribution is -0.231. The molecule has 112 valence electrons. The first-order chi connectivity index (χ1) is 9.67. The number of rotatable bonds is 6. The fourth-order valence-electron chi connectivity index (χ4n) is 2.71. The Labute approximate surface area is 123 Å². The Morgan fingerprint density at radius 3 is 2.25 bits per heavy atom. The summed E-state index contributed by atoms with van der Waals surface area (Å²) < 4.78 is 11.9. The minimum atomic E-state index is -0.180. The Balaban J connectivity index is 1.89. The summed E-state index contributed by atoms with van der Waals surface area (Å²) in [6.07, 6.45) is 5.82. The summed E-state index contributed by atoms with van der Waals surface area (Å²) in [5.41, 5.74) is 2.72. The molecule has 0 aliphatic carbocycles. The first-order valence-corrected chi connectivity index (χ1v) is 7.99. The molecule has 1 aromatic rings. The van der Waals surface area contributed by atoms with Crippen LogP contribution in [0.4, 0.5) is 0 Å². The molecule has 2 heteroatoms. The van der Waals surface area contributed by atoms with Gasteiger partial charge in [-0.2, -0.15) is 0 Å². The van der Waals surface area contributed by atoms with E-state index in [1.165, 1.54) is 31.2 Å². The van der Waals surface area contributed by atoms with Gasteiger partial charge in [-0.3, -0.25) is 0 Å². The van der Waals surface area contributed by atoms with E-state index >= 15 is 0 Å². The van der Waals surface area contributed by atoms with Gasteiger partial charge in [-0.15, -0.1) is 0 Å². The van der Waals surface area contributed by atoms with Crippen LogP contribution in [0.1, 0.15) is 63.9 Å². The smallest absolute Gasteiger partial charge is 0.183 e. The Hall–Kier alpha value is -0.860. The van der Waals surface area contributed by atoms with Crippen molar-refractivity contribution in [1.29, 1.82) is 0 Å². The number of ether oxygens (including phenoxy) is 2. The van der Waals surface area contributed by atoms with Crippen LogP contribution < -0.4 is 0 Å². The van der Waals surface area contributed by atoms with E-state index in [-0.39, 0.29) is 11.7 Å². The normalized spacial score (nSPS) is 26.6. The molecule has 2 rings (SSSR count). The average Bonchev–Trinajstić information content (AvgIpc) is 2.47. The van der Waals surface area contributed by atoms with Crippen LogP contribution >= 0.6 is 0 Å². The second-order valence-electron chi connectivity index (χ2n) is 6.36. The maximum atomic E-state index is 5.95. The molecule has 1 heterocycles. The first-order valence-electron chi connectivity index (χ1n) is 7.99. The minimum absolute atomic E-state index is 0.180. The van der Waals surface area contributed by atoms with E-state index < -0.39 is 0 Å². The highest BCUT2D eigenvalue weighted by molar-refractivity contribution is 5.23. The van der Waals surface area contributed by atoms with Crippen LogP contribution in [0.15, 0.2) is 24.3 Å². The zero-order chi connectivity index (χ0) is 14.4. The predicted molar refractivity (Wildman–Crippen MR) is 82.7 cm³/mol. The molecule has 1 aliphatic heterocycles. The minimum Gasteiger partial charge on any atom is -0.348 e. The number of benzene rings is 1. The second-order valence-corrected chi connectivity index (χ2v) is 6.36. The molecule has 0 radical (unpaired) electrons. The van der Waals surface area contributed by atoms with Crippen molar-refractivity contribution < 1.29 is 9.47 Å². The Bertz CT molecular complexity index is 388. The van der Waals surface area contributed by atoms with Crippen LogP contribution in [0.3, 0.4) is 0 Å². The van der Waals surface area contributed by atoms with Gasteiger partial charge in [0.1, 0.15) is 0 Å². The first kappa shape index (κ1) is 15.5. The van der Waals surface area contributed by atoms with E-state index in [1.807, 2.05) is 0 Å². The fourth-order valence-corrected chi connectivity index (χ4v) is 2.71. The molecule has 0 atom stereocenters. The molecule has 0 spiro atoms. The second kappa shape index (κ2) is 7.24. The van der Waals surface area contributed by atoms with E-state index in [9.17, 15) is 0 Å². The molecule has 0 bridgehead atoms. The number of unbranched alkanes of at least 4 members (excludes halogenated alkanes) is 1. The van der Waals surface area contributed by atoms with Crippen molar-refractivity contribution in [2.45, 2.75) is 59.2 Å². The SMILES string of the molecule is CCCCC1(C)COC(c2ccc(CCC)cc2)OC1. The fraction of sp³-hybridized carbons (Fsp3) is 0.667. The molecule has 1 aliphatic rings. The molecule has 0 N–H and O–H groups in total. The van der Waals surface area contributed by atoms with Crippen molar-refractivity contribution in [2.75, 3.05) is 13.2 Å². The highest BCUT2D eigenvalue weighted by atomic mass is 16.7. The predicted octanol–water partition coefficient (Wildman–Crippen LogP) is 4.88. The molecule has 1 fully saturated rings. The lowest BCUT2D eigenvalue weighted by atomic mass is 9.86. The molecule has 0 saturated carbocycles. The number of hydrogen-bond donors (Lipinski definition) is 0. The van der Waals surface area contributed by atoms with Crippen molar-refractivity contribution in [2.24, 2.45) is 5.41 Å². The molecule has 1 saturated heterocycles. The lowest BCUT2D eigenvalue weighted by Gasteiger charge is -2.37. The summed E-state index contributed by atoms with van der Waals surface area (Å²) in [5, 5.41) is 0. The maximum absolute atomic E-state index is 5.95. The zero-order valence-corrected chi connectivity index (χ0v) is 13.2. The summed E-state index contributed by atoms with van der Waals surface area (Å²) in [4.78, 5) is 0. The molecule has 0 unspecified atom stereocenters. The van der Waals surface area contributed by atoms with Crippen molar-refractivity contribution >= 4 is 0 Å². The molecule has 20 heavy (non-hydrogen) atoms. The summed E-state index contributed by atoms with van der Waals surface area (Å²) in [6.45, 7) is 8.30. The molecule has 1 aromatic carbocycles. The van der Waals surface area contributed by atoms with Gasteiger partial charge in [0.25, 0.3) is 0 Å². The van der Waals surface area contributed by atoms with Gasteiger partial charge in [-0.05, 0) is 18.4 Å². The van der Waals surface area contributed by atoms with Gasteiger partial charge in [0.2, 0.25) is 0 Å². The zero-order valence-electron chi connectivity index (χ0n) is 13.2.